The minimum Gasteiger partial charge on any atom is -0.360 e. The van der Waals surface area contributed by atoms with Gasteiger partial charge in [-0.1, -0.05) is 23.7 Å². The molecule has 1 N–H and O–H groups in total. The van der Waals surface area contributed by atoms with E-state index >= 15 is 0 Å². The molecule has 2 aromatic rings. The first-order valence-electron chi connectivity index (χ1n) is 8.42. The average Bonchev–Trinajstić information content (AvgIpc) is 3.08. The molecule has 0 bridgehead atoms. The van der Waals surface area contributed by atoms with E-state index in [-0.39, 0.29) is 5.91 Å². The lowest BCUT2D eigenvalue weighted by molar-refractivity contribution is 0.0942. The van der Waals surface area contributed by atoms with Crippen LogP contribution in [0.1, 0.15) is 53.0 Å². The Balaban J connectivity index is 1.53. The van der Waals surface area contributed by atoms with Crippen molar-refractivity contribution in [3.8, 4) is 0 Å². The van der Waals surface area contributed by atoms with Crippen LogP contribution in [0, 0.1) is 19.8 Å². The van der Waals surface area contributed by atoms with Crippen molar-refractivity contribution in [1.82, 2.24) is 20.3 Å². The number of hydrogen-bond donors (Lipinski definition) is 1. The number of nitrogens with zero attached hydrogens (tertiary/aromatic N) is 3. The lowest BCUT2D eigenvalue weighted by atomic mass is 9.88. The summed E-state index contributed by atoms with van der Waals surface area (Å²) in [5, 5.41) is 12.0. The molecule has 24 heavy (non-hydrogen) atoms. The van der Waals surface area contributed by atoms with Crippen molar-refractivity contribution in [3.05, 3.63) is 33.4 Å². The van der Waals surface area contributed by atoms with Crippen LogP contribution in [0.15, 0.2) is 4.52 Å². The van der Waals surface area contributed by atoms with Crippen molar-refractivity contribution in [1.29, 1.82) is 0 Å². The Morgan fingerprint density at radius 1 is 1.46 bits per heavy atom. The first kappa shape index (κ1) is 17.0. The summed E-state index contributed by atoms with van der Waals surface area (Å²) in [6.07, 6.45) is 3.61. The fraction of sp³-hybridized carbons (Fsp3) is 0.588. The smallest absolute Gasteiger partial charge is 0.273 e. The number of fused-ring (bicyclic) bond motifs is 1. The van der Waals surface area contributed by atoms with Gasteiger partial charge in [-0.3, -0.25) is 9.48 Å². The third kappa shape index (κ3) is 3.34. The van der Waals surface area contributed by atoms with Crippen molar-refractivity contribution < 1.29 is 9.32 Å². The highest BCUT2D eigenvalue weighted by Gasteiger charge is 2.26. The van der Waals surface area contributed by atoms with Gasteiger partial charge in [0.15, 0.2) is 5.69 Å². The van der Waals surface area contributed by atoms with Crippen molar-refractivity contribution >= 4 is 17.5 Å². The molecule has 1 aliphatic rings. The second-order valence-corrected chi connectivity index (χ2v) is 6.98. The maximum atomic E-state index is 12.3. The molecule has 0 saturated heterocycles. The zero-order valence-corrected chi connectivity index (χ0v) is 15.1. The number of rotatable bonds is 5. The molecule has 7 heteroatoms. The summed E-state index contributed by atoms with van der Waals surface area (Å²) in [5.74, 6) is 1.29. The van der Waals surface area contributed by atoms with Crippen molar-refractivity contribution in [3.63, 3.8) is 0 Å². The Kier molecular flexibility index (Phi) is 4.94. The summed E-state index contributed by atoms with van der Waals surface area (Å²) < 4.78 is 7.20. The number of nitrogens with one attached hydrogen (secondary N) is 1. The van der Waals surface area contributed by atoms with E-state index < -0.39 is 0 Å². The Morgan fingerprint density at radius 3 is 2.96 bits per heavy atom. The van der Waals surface area contributed by atoms with Gasteiger partial charge >= 0.3 is 0 Å². The molecule has 2 aromatic heterocycles. The van der Waals surface area contributed by atoms with E-state index in [2.05, 4.69) is 22.5 Å². The second-order valence-electron chi connectivity index (χ2n) is 6.60. The minimum absolute atomic E-state index is 0.152. The zero-order valence-electron chi connectivity index (χ0n) is 14.4. The van der Waals surface area contributed by atoms with Crippen LogP contribution in [-0.4, -0.2) is 27.4 Å². The Hall–Kier alpha value is -1.82. The second kappa shape index (κ2) is 6.97. The lowest BCUT2D eigenvalue weighted by Crippen LogP contribution is -2.27. The molecule has 0 spiro atoms. The van der Waals surface area contributed by atoms with E-state index in [0.717, 1.165) is 48.4 Å². The summed E-state index contributed by atoms with van der Waals surface area (Å²) in [5.41, 5.74) is 3.23. The molecule has 0 fully saturated rings. The van der Waals surface area contributed by atoms with Gasteiger partial charge in [0, 0.05) is 25.1 Å². The molecule has 0 radical (unpaired) electrons. The quantitative estimate of drug-likeness (QED) is 0.841. The third-order valence-corrected chi connectivity index (χ3v) is 5.17. The van der Waals surface area contributed by atoms with E-state index in [4.69, 9.17) is 16.1 Å². The van der Waals surface area contributed by atoms with E-state index in [9.17, 15) is 4.79 Å². The summed E-state index contributed by atoms with van der Waals surface area (Å²) in [7, 11) is 0. The molecule has 0 aromatic carbocycles. The largest absolute Gasteiger partial charge is 0.360 e. The zero-order chi connectivity index (χ0) is 17.3. The van der Waals surface area contributed by atoms with Crippen LogP contribution in [0.3, 0.4) is 0 Å². The van der Waals surface area contributed by atoms with Gasteiger partial charge in [0.05, 0.1) is 16.4 Å². The molecule has 3 rings (SSSR count). The molecule has 2 heterocycles. The molecule has 1 amide bonds. The summed E-state index contributed by atoms with van der Waals surface area (Å²) in [4.78, 5) is 12.3. The van der Waals surface area contributed by atoms with Gasteiger partial charge in [0.1, 0.15) is 5.76 Å². The van der Waals surface area contributed by atoms with Crippen molar-refractivity contribution in [2.45, 2.75) is 53.0 Å². The molecule has 0 aliphatic heterocycles. The fourth-order valence-electron chi connectivity index (χ4n) is 3.16. The van der Waals surface area contributed by atoms with Crippen LogP contribution in [0.4, 0.5) is 0 Å². The predicted molar refractivity (Wildman–Crippen MR) is 91.4 cm³/mol. The summed E-state index contributed by atoms with van der Waals surface area (Å²) in [6.45, 7) is 7.31. The number of hydrogen-bond acceptors (Lipinski definition) is 4. The molecule has 1 unspecified atom stereocenters. The van der Waals surface area contributed by atoms with Gasteiger partial charge < -0.3 is 9.84 Å². The van der Waals surface area contributed by atoms with Gasteiger partial charge in [-0.05, 0) is 39.0 Å². The maximum absolute atomic E-state index is 12.3. The highest BCUT2D eigenvalue weighted by atomic mass is 35.5. The normalized spacial score (nSPS) is 16.9. The predicted octanol–water partition coefficient (Wildman–Crippen LogP) is 3.09. The van der Waals surface area contributed by atoms with Crippen LogP contribution in [0.5, 0.6) is 0 Å². The molecular formula is C17H23ClN4O2. The number of halogens is 1. The van der Waals surface area contributed by atoms with Crippen LogP contribution in [0.25, 0.3) is 0 Å². The molecule has 130 valence electrons. The van der Waals surface area contributed by atoms with Gasteiger partial charge in [0.25, 0.3) is 5.91 Å². The number of carbonyl (C=O) groups is 1. The Bertz CT molecular complexity index is 750. The van der Waals surface area contributed by atoms with E-state index in [0.29, 0.717) is 29.7 Å². The van der Waals surface area contributed by atoms with E-state index in [1.165, 1.54) is 0 Å². The third-order valence-electron chi connectivity index (χ3n) is 4.63. The number of amides is 1. The molecule has 6 nitrogen and oxygen atoms in total. The molecule has 1 atom stereocenters. The van der Waals surface area contributed by atoms with Crippen molar-refractivity contribution in [2.24, 2.45) is 5.92 Å². The molecule has 0 saturated carbocycles. The van der Waals surface area contributed by atoms with Crippen molar-refractivity contribution in [2.75, 3.05) is 6.54 Å². The maximum Gasteiger partial charge on any atom is 0.273 e. The van der Waals surface area contributed by atoms with Gasteiger partial charge in [0.2, 0.25) is 0 Å². The topological polar surface area (TPSA) is 73.0 Å². The number of aryl methyl sites for hydroxylation is 3. The number of carbonyl (C=O) groups excluding carboxylic acids is 1. The first-order chi connectivity index (χ1) is 11.5. The Labute approximate surface area is 146 Å². The fourth-order valence-corrected chi connectivity index (χ4v) is 3.30. The van der Waals surface area contributed by atoms with Gasteiger partial charge in [-0.2, -0.15) is 5.10 Å². The Morgan fingerprint density at radius 2 is 2.25 bits per heavy atom. The van der Waals surface area contributed by atoms with E-state index in [1.807, 2.05) is 18.5 Å². The average molecular weight is 351 g/mol. The molecule has 1 aliphatic carbocycles. The van der Waals surface area contributed by atoms with Crippen LogP contribution >= 0.6 is 11.6 Å². The highest BCUT2D eigenvalue weighted by Crippen LogP contribution is 2.27. The monoisotopic (exact) mass is 350 g/mol. The van der Waals surface area contributed by atoms with Crippen LogP contribution in [0.2, 0.25) is 5.02 Å². The number of aromatic nitrogens is 3. The SMILES string of the molecule is Cc1nn(CCCNC(=O)c2noc3c2CC(C)CC3)c(C)c1Cl. The standard InChI is InChI=1S/C17H23ClN4O2/c1-10-5-6-14-13(9-10)16(21-24-14)17(23)19-7-4-8-22-12(3)15(18)11(2)20-22/h10H,4-9H2,1-3H3,(H,19,23). The van der Waals surface area contributed by atoms with E-state index in [1.54, 1.807) is 0 Å². The minimum atomic E-state index is -0.152. The van der Waals surface area contributed by atoms with Gasteiger partial charge in [-0.25, -0.2) is 0 Å². The van der Waals surface area contributed by atoms with Gasteiger partial charge in [-0.15, -0.1) is 0 Å². The first-order valence-corrected chi connectivity index (χ1v) is 8.80. The highest BCUT2D eigenvalue weighted by molar-refractivity contribution is 6.31. The van der Waals surface area contributed by atoms with Crippen LogP contribution < -0.4 is 5.32 Å². The summed E-state index contributed by atoms with van der Waals surface area (Å²) >= 11 is 6.14. The molecular weight excluding hydrogens is 328 g/mol. The summed E-state index contributed by atoms with van der Waals surface area (Å²) in [6, 6.07) is 0. The lowest BCUT2D eigenvalue weighted by Gasteiger charge is -2.16. The van der Waals surface area contributed by atoms with Crippen LogP contribution in [-0.2, 0) is 19.4 Å².